The summed E-state index contributed by atoms with van der Waals surface area (Å²) < 4.78 is 27.7. The Hall–Kier alpha value is -4.81. The van der Waals surface area contributed by atoms with Crippen LogP contribution in [0.4, 0.5) is 17.1 Å². The maximum Gasteiger partial charge on any atom is 0.326 e. The predicted molar refractivity (Wildman–Crippen MR) is 195 cm³/mol. The highest BCUT2D eigenvalue weighted by Crippen LogP contribution is 2.34. The Morgan fingerprint density at radius 3 is 1.31 bits per heavy atom. The second kappa shape index (κ2) is 16.9. The van der Waals surface area contributed by atoms with Crippen LogP contribution in [0.2, 0.25) is 0 Å². The van der Waals surface area contributed by atoms with Gasteiger partial charge in [-0.3, -0.25) is 24.0 Å². The molecule has 13 nitrogen and oxygen atoms in total. The average molecular weight is 714 g/mol. The van der Waals surface area contributed by atoms with Gasteiger partial charge in [-0.2, -0.15) is 0 Å². The molecular formula is C38H55N3O10. The van der Waals surface area contributed by atoms with Crippen molar-refractivity contribution in [2.45, 2.75) is 105 Å². The van der Waals surface area contributed by atoms with Crippen molar-refractivity contribution in [3.63, 3.8) is 0 Å². The van der Waals surface area contributed by atoms with E-state index in [2.05, 4.69) is 5.32 Å². The molecule has 0 heterocycles. The quantitative estimate of drug-likeness (QED) is 0.194. The van der Waals surface area contributed by atoms with Crippen molar-refractivity contribution < 1.29 is 47.7 Å². The highest BCUT2D eigenvalue weighted by Gasteiger charge is 2.30. The van der Waals surface area contributed by atoms with Crippen LogP contribution in [0.1, 0.15) is 93.4 Å². The van der Waals surface area contributed by atoms with Crippen molar-refractivity contribution in [1.82, 2.24) is 0 Å². The van der Waals surface area contributed by atoms with Gasteiger partial charge < -0.3 is 38.8 Å². The summed E-state index contributed by atoms with van der Waals surface area (Å²) in [6, 6.07) is 11.3. The lowest BCUT2D eigenvalue weighted by Gasteiger charge is -2.33. The molecule has 0 unspecified atom stereocenters. The Kier molecular flexibility index (Phi) is 14.1. The SMILES string of the molecule is COc1cccc(C(=O)Nc2ccc(N(CC(=O)OC(C)(C)C)CC(=O)OC(C)(C)C)c(N(CC(=O)OC(C)(C)C)CC(=O)OC(C)(C)C)c2)c1. The minimum Gasteiger partial charge on any atom is -0.497 e. The summed E-state index contributed by atoms with van der Waals surface area (Å²) in [7, 11) is 1.49. The van der Waals surface area contributed by atoms with E-state index in [1.165, 1.54) is 16.9 Å². The lowest BCUT2D eigenvalue weighted by atomic mass is 10.1. The summed E-state index contributed by atoms with van der Waals surface area (Å²) in [6.07, 6.45) is 0. The van der Waals surface area contributed by atoms with Gasteiger partial charge in [0.05, 0.1) is 18.5 Å². The Balaban J connectivity index is 2.80. The molecule has 0 aromatic heterocycles. The fourth-order valence-electron chi connectivity index (χ4n) is 4.66. The van der Waals surface area contributed by atoms with E-state index >= 15 is 0 Å². The van der Waals surface area contributed by atoms with E-state index in [0.29, 0.717) is 11.3 Å². The van der Waals surface area contributed by atoms with Gasteiger partial charge in [0, 0.05) is 11.3 Å². The summed E-state index contributed by atoms with van der Waals surface area (Å²) in [5.41, 5.74) is -2.27. The number of nitrogens with zero attached hydrogens (tertiary/aromatic N) is 2. The standard InChI is InChI=1S/C38H55N3O10/c1-35(2,3)48-30(42)21-40(22-31(43)49-36(4,5)6)28-18-17-26(39-34(46)25-15-14-16-27(19-25)47-13)20-29(28)41(23-32(44)50-37(7,8)9)24-33(45)51-38(10,11)12/h14-20H,21-24H2,1-13H3,(H,39,46). The summed E-state index contributed by atoms with van der Waals surface area (Å²) in [6.45, 7) is 19.0. The molecule has 1 amide bonds. The van der Waals surface area contributed by atoms with Crippen molar-refractivity contribution in [3.8, 4) is 5.75 Å². The van der Waals surface area contributed by atoms with Gasteiger partial charge in [0.15, 0.2) is 0 Å². The van der Waals surface area contributed by atoms with Crippen molar-refractivity contribution in [3.05, 3.63) is 48.0 Å². The van der Waals surface area contributed by atoms with Crippen LogP contribution in [-0.2, 0) is 38.1 Å². The number of rotatable bonds is 13. The number of anilines is 3. The predicted octanol–water partition coefficient (Wildman–Crippen LogP) is 5.93. The minimum atomic E-state index is -0.844. The third-order valence-corrected chi connectivity index (χ3v) is 6.21. The van der Waals surface area contributed by atoms with Gasteiger partial charge >= 0.3 is 23.9 Å². The van der Waals surface area contributed by atoms with E-state index in [-0.39, 0.29) is 17.1 Å². The minimum absolute atomic E-state index is 0.210. The van der Waals surface area contributed by atoms with E-state index in [1.54, 1.807) is 126 Å². The summed E-state index contributed by atoms with van der Waals surface area (Å²) in [5.74, 6) is -2.57. The zero-order chi connectivity index (χ0) is 38.9. The number of amides is 1. The maximum absolute atomic E-state index is 13.3. The monoisotopic (exact) mass is 713 g/mol. The van der Waals surface area contributed by atoms with E-state index in [0.717, 1.165) is 0 Å². The number of benzene rings is 2. The van der Waals surface area contributed by atoms with Gasteiger partial charge in [0.2, 0.25) is 0 Å². The topological polar surface area (TPSA) is 150 Å². The van der Waals surface area contributed by atoms with Crippen LogP contribution in [0.3, 0.4) is 0 Å². The number of carbonyl (C=O) groups excluding carboxylic acids is 5. The van der Waals surface area contributed by atoms with E-state index in [1.807, 2.05) is 0 Å². The molecule has 0 fully saturated rings. The van der Waals surface area contributed by atoms with E-state index < -0.39 is 78.4 Å². The van der Waals surface area contributed by atoms with E-state index in [9.17, 15) is 24.0 Å². The van der Waals surface area contributed by atoms with Gasteiger partial charge in [0.1, 0.15) is 54.3 Å². The number of methoxy groups -OCH3 is 1. The molecule has 0 radical (unpaired) electrons. The third-order valence-electron chi connectivity index (χ3n) is 6.21. The number of carbonyl (C=O) groups is 5. The molecular weight excluding hydrogens is 658 g/mol. The molecule has 1 N–H and O–H groups in total. The first-order chi connectivity index (χ1) is 23.2. The molecule has 0 saturated heterocycles. The molecule has 0 bridgehead atoms. The van der Waals surface area contributed by atoms with Gasteiger partial charge in [-0.25, -0.2) is 0 Å². The van der Waals surface area contributed by atoms with Crippen LogP contribution in [0.25, 0.3) is 0 Å². The number of hydrogen-bond acceptors (Lipinski definition) is 12. The van der Waals surface area contributed by atoms with Crippen molar-refractivity contribution in [2.24, 2.45) is 0 Å². The van der Waals surface area contributed by atoms with Gasteiger partial charge in [-0.05, 0) is 119 Å². The smallest absolute Gasteiger partial charge is 0.326 e. The number of nitrogens with one attached hydrogen (secondary N) is 1. The summed E-state index contributed by atoms with van der Waals surface area (Å²) in [5, 5.41) is 2.84. The largest absolute Gasteiger partial charge is 0.497 e. The second-order valence-corrected chi connectivity index (χ2v) is 15.9. The number of hydrogen-bond donors (Lipinski definition) is 1. The molecule has 2 aromatic rings. The molecule has 0 atom stereocenters. The normalized spacial score (nSPS) is 11.9. The third kappa shape index (κ3) is 16.2. The molecule has 0 aliphatic rings. The van der Waals surface area contributed by atoms with Gasteiger partial charge in [-0.15, -0.1) is 0 Å². The number of ether oxygens (including phenoxy) is 5. The Labute approximate surface area is 301 Å². The van der Waals surface area contributed by atoms with Crippen LogP contribution in [0.15, 0.2) is 42.5 Å². The van der Waals surface area contributed by atoms with Gasteiger partial charge in [0.25, 0.3) is 5.91 Å². The zero-order valence-corrected chi connectivity index (χ0v) is 32.3. The van der Waals surface area contributed by atoms with Crippen LogP contribution in [0.5, 0.6) is 5.75 Å². The molecule has 13 heteroatoms. The molecule has 0 spiro atoms. The Morgan fingerprint density at radius 2 is 0.941 bits per heavy atom. The van der Waals surface area contributed by atoms with Crippen LogP contribution < -0.4 is 19.9 Å². The van der Waals surface area contributed by atoms with Crippen LogP contribution in [0, 0.1) is 0 Å². The van der Waals surface area contributed by atoms with Crippen LogP contribution in [-0.4, -0.2) is 85.5 Å². The van der Waals surface area contributed by atoms with Gasteiger partial charge in [-0.1, -0.05) is 6.07 Å². The van der Waals surface area contributed by atoms with Crippen molar-refractivity contribution in [2.75, 3.05) is 48.4 Å². The molecule has 0 aliphatic carbocycles. The first-order valence-electron chi connectivity index (χ1n) is 16.7. The fourth-order valence-corrected chi connectivity index (χ4v) is 4.66. The van der Waals surface area contributed by atoms with Crippen LogP contribution >= 0.6 is 0 Å². The van der Waals surface area contributed by atoms with Crippen molar-refractivity contribution in [1.29, 1.82) is 0 Å². The molecule has 2 rings (SSSR count). The first kappa shape index (κ1) is 42.4. The van der Waals surface area contributed by atoms with E-state index in [4.69, 9.17) is 23.7 Å². The summed E-state index contributed by atoms with van der Waals surface area (Å²) >= 11 is 0. The molecule has 51 heavy (non-hydrogen) atoms. The zero-order valence-electron chi connectivity index (χ0n) is 32.3. The second-order valence-electron chi connectivity index (χ2n) is 15.9. The Morgan fingerprint density at radius 1 is 0.549 bits per heavy atom. The number of esters is 4. The highest BCUT2D eigenvalue weighted by atomic mass is 16.6. The molecule has 0 saturated carbocycles. The fraction of sp³-hybridized carbons (Fsp3) is 0.553. The lowest BCUT2D eigenvalue weighted by Crippen LogP contribution is -2.43. The first-order valence-corrected chi connectivity index (χ1v) is 16.7. The average Bonchev–Trinajstić information content (AvgIpc) is 2.92. The maximum atomic E-state index is 13.3. The molecule has 2 aromatic carbocycles. The van der Waals surface area contributed by atoms with Crippen molar-refractivity contribution >= 4 is 46.8 Å². The Bertz CT molecular complexity index is 1500. The molecule has 0 aliphatic heterocycles. The highest BCUT2D eigenvalue weighted by molar-refractivity contribution is 6.05. The lowest BCUT2D eigenvalue weighted by molar-refractivity contribution is -0.156. The summed E-state index contributed by atoms with van der Waals surface area (Å²) in [4.78, 5) is 69.3. The molecule has 282 valence electrons.